The molecular formula is C24H20N2O5S. The monoisotopic (exact) mass is 448 g/mol. The highest BCUT2D eigenvalue weighted by atomic mass is 32.1. The van der Waals surface area contributed by atoms with E-state index >= 15 is 0 Å². The van der Waals surface area contributed by atoms with Gasteiger partial charge in [0.05, 0.1) is 24.1 Å². The Bertz CT molecular complexity index is 1360. The molecule has 0 aliphatic rings. The average molecular weight is 449 g/mol. The van der Waals surface area contributed by atoms with Gasteiger partial charge in [0, 0.05) is 22.6 Å². The number of thiazole rings is 1. The van der Waals surface area contributed by atoms with Crippen molar-refractivity contribution in [2.75, 3.05) is 11.9 Å². The van der Waals surface area contributed by atoms with Crippen molar-refractivity contribution < 1.29 is 18.7 Å². The van der Waals surface area contributed by atoms with E-state index in [1.54, 1.807) is 48.7 Å². The van der Waals surface area contributed by atoms with E-state index in [1.165, 1.54) is 17.4 Å². The lowest BCUT2D eigenvalue weighted by Crippen LogP contribution is -2.12. The van der Waals surface area contributed by atoms with Crippen LogP contribution in [0.1, 0.15) is 28.5 Å². The first-order valence-electron chi connectivity index (χ1n) is 9.99. The van der Waals surface area contributed by atoms with Crippen LogP contribution in [-0.4, -0.2) is 23.5 Å². The number of aryl methyl sites for hydroxylation is 1. The fourth-order valence-electron chi connectivity index (χ4n) is 3.17. The summed E-state index contributed by atoms with van der Waals surface area (Å²) in [5.41, 5.74) is 3.04. The van der Waals surface area contributed by atoms with Gasteiger partial charge in [-0.3, -0.25) is 19.7 Å². The first-order chi connectivity index (χ1) is 15.4. The summed E-state index contributed by atoms with van der Waals surface area (Å²) in [5.74, 6) is -0.257. The van der Waals surface area contributed by atoms with Crippen molar-refractivity contribution >= 4 is 39.3 Å². The van der Waals surface area contributed by atoms with Crippen molar-refractivity contribution in [1.29, 1.82) is 0 Å². The van der Waals surface area contributed by atoms with E-state index in [1.807, 2.05) is 13.0 Å². The summed E-state index contributed by atoms with van der Waals surface area (Å²) in [7, 11) is 0. The fraction of sp³-hybridized carbons (Fsp3) is 0.167. The number of carbonyl (C=O) groups is 2. The summed E-state index contributed by atoms with van der Waals surface area (Å²) in [4.78, 5) is 40.8. The Morgan fingerprint density at radius 3 is 2.66 bits per heavy atom. The molecule has 162 valence electrons. The van der Waals surface area contributed by atoms with Crippen molar-refractivity contribution in [3.63, 3.8) is 0 Å². The highest BCUT2D eigenvalue weighted by Crippen LogP contribution is 2.24. The lowest BCUT2D eigenvalue weighted by Gasteiger charge is -2.06. The molecule has 0 fully saturated rings. The molecule has 32 heavy (non-hydrogen) atoms. The zero-order chi connectivity index (χ0) is 22.7. The van der Waals surface area contributed by atoms with Gasteiger partial charge in [-0.25, -0.2) is 4.98 Å². The molecule has 2 aromatic heterocycles. The minimum atomic E-state index is -0.359. The summed E-state index contributed by atoms with van der Waals surface area (Å²) in [5, 5.41) is 5.37. The molecule has 0 radical (unpaired) electrons. The number of carbonyl (C=O) groups excluding carboxylic acids is 2. The van der Waals surface area contributed by atoms with Gasteiger partial charge in [0.1, 0.15) is 11.3 Å². The predicted molar refractivity (Wildman–Crippen MR) is 123 cm³/mol. The normalized spacial score (nSPS) is 10.8. The van der Waals surface area contributed by atoms with Gasteiger partial charge in [-0.15, -0.1) is 11.3 Å². The van der Waals surface area contributed by atoms with Crippen LogP contribution in [0, 0.1) is 6.92 Å². The first kappa shape index (κ1) is 21.5. The van der Waals surface area contributed by atoms with E-state index in [0.29, 0.717) is 45.3 Å². The Morgan fingerprint density at radius 2 is 1.91 bits per heavy atom. The molecule has 7 nitrogen and oxygen atoms in total. The zero-order valence-corrected chi connectivity index (χ0v) is 18.3. The van der Waals surface area contributed by atoms with E-state index in [2.05, 4.69) is 10.3 Å². The van der Waals surface area contributed by atoms with Crippen LogP contribution in [0.2, 0.25) is 0 Å². The molecule has 0 aliphatic carbocycles. The molecule has 1 N–H and O–H groups in total. The average Bonchev–Trinajstić information content (AvgIpc) is 3.20. The van der Waals surface area contributed by atoms with Gasteiger partial charge < -0.3 is 9.15 Å². The molecule has 2 aromatic carbocycles. The largest absolute Gasteiger partial charge is 0.466 e. The summed E-state index contributed by atoms with van der Waals surface area (Å²) in [6.07, 6.45) is 0.0609. The van der Waals surface area contributed by atoms with E-state index in [0.717, 1.165) is 5.56 Å². The molecule has 4 aromatic rings. The van der Waals surface area contributed by atoms with E-state index in [9.17, 15) is 14.4 Å². The molecule has 8 heteroatoms. The lowest BCUT2D eigenvalue weighted by molar-refractivity contribution is -0.142. The van der Waals surface area contributed by atoms with E-state index in [-0.39, 0.29) is 23.7 Å². The molecule has 1 amide bonds. The maximum absolute atomic E-state index is 12.5. The zero-order valence-electron chi connectivity index (χ0n) is 17.5. The standard InChI is InChI=1S/C24H20N2O5S/c1-3-30-22(28)11-17-13-32-24(25-17)26-23(29)16-7-5-15(6-8-16)21-12-19(27)18-10-14(2)4-9-20(18)31-21/h4-10,12-13H,3,11H2,1-2H3,(H,25,26,29). The number of nitrogens with zero attached hydrogens (tertiary/aromatic N) is 1. The summed E-state index contributed by atoms with van der Waals surface area (Å²) in [6.45, 7) is 3.97. The third-order valence-corrected chi connectivity index (χ3v) is 5.52. The van der Waals surface area contributed by atoms with Crippen LogP contribution < -0.4 is 10.7 Å². The van der Waals surface area contributed by atoms with Gasteiger partial charge in [0.25, 0.3) is 5.91 Å². The molecular weight excluding hydrogens is 428 g/mol. The molecule has 0 unspecified atom stereocenters. The van der Waals surface area contributed by atoms with Crippen LogP contribution in [-0.2, 0) is 16.0 Å². The van der Waals surface area contributed by atoms with Crippen LogP contribution in [0.4, 0.5) is 5.13 Å². The maximum Gasteiger partial charge on any atom is 0.311 e. The Hall–Kier alpha value is -3.78. The number of aromatic nitrogens is 1. The Labute approximate surface area is 187 Å². The van der Waals surface area contributed by atoms with Crippen molar-refractivity contribution in [2.24, 2.45) is 0 Å². The molecule has 0 spiro atoms. The third kappa shape index (κ3) is 4.76. The number of hydrogen-bond acceptors (Lipinski definition) is 7. The van der Waals surface area contributed by atoms with E-state index in [4.69, 9.17) is 9.15 Å². The quantitative estimate of drug-likeness (QED) is 0.434. The van der Waals surface area contributed by atoms with Crippen molar-refractivity contribution in [3.8, 4) is 11.3 Å². The summed E-state index contributed by atoms with van der Waals surface area (Å²) in [6, 6.07) is 13.7. The molecule has 0 bridgehead atoms. The topological polar surface area (TPSA) is 98.5 Å². The molecule has 0 atom stereocenters. The highest BCUT2D eigenvalue weighted by molar-refractivity contribution is 7.14. The van der Waals surface area contributed by atoms with Gasteiger partial charge >= 0.3 is 5.97 Å². The number of ether oxygens (including phenoxy) is 1. The number of fused-ring (bicyclic) bond motifs is 1. The van der Waals surface area contributed by atoms with Crippen LogP contribution >= 0.6 is 11.3 Å². The van der Waals surface area contributed by atoms with Gasteiger partial charge in [-0.2, -0.15) is 0 Å². The van der Waals surface area contributed by atoms with Gasteiger partial charge in [0.2, 0.25) is 0 Å². The number of hydrogen-bond donors (Lipinski definition) is 1. The summed E-state index contributed by atoms with van der Waals surface area (Å²) >= 11 is 1.24. The molecule has 0 saturated heterocycles. The third-order valence-electron chi connectivity index (χ3n) is 4.72. The lowest BCUT2D eigenvalue weighted by atomic mass is 10.1. The van der Waals surface area contributed by atoms with Crippen LogP contribution in [0.15, 0.2) is 63.1 Å². The predicted octanol–water partition coefficient (Wildman–Crippen LogP) is 4.58. The number of amides is 1. The minimum absolute atomic E-state index is 0.0609. The van der Waals surface area contributed by atoms with Crippen molar-refractivity contribution in [2.45, 2.75) is 20.3 Å². The SMILES string of the molecule is CCOC(=O)Cc1csc(NC(=O)c2ccc(-c3cc(=O)c4cc(C)ccc4o3)cc2)n1. The second-order valence-electron chi connectivity index (χ2n) is 7.13. The molecule has 0 saturated carbocycles. The first-order valence-corrected chi connectivity index (χ1v) is 10.9. The Balaban J connectivity index is 1.48. The Kier molecular flexibility index (Phi) is 6.13. The molecule has 0 aliphatic heterocycles. The smallest absolute Gasteiger partial charge is 0.311 e. The number of nitrogens with one attached hydrogen (secondary N) is 1. The van der Waals surface area contributed by atoms with Gasteiger partial charge in [0.15, 0.2) is 10.6 Å². The second kappa shape index (κ2) is 9.15. The molecule has 4 rings (SSSR count). The van der Waals surface area contributed by atoms with Crippen molar-refractivity contribution in [3.05, 3.63) is 81.0 Å². The minimum Gasteiger partial charge on any atom is -0.466 e. The number of esters is 1. The summed E-state index contributed by atoms with van der Waals surface area (Å²) < 4.78 is 10.8. The van der Waals surface area contributed by atoms with Crippen molar-refractivity contribution in [1.82, 2.24) is 4.98 Å². The van der Waals surface area contributed by atoms with Crippen LogP contribution in [0.5, 0.6) is 0 Å². The van der Waals surface area contributed by atoms with Crippen LogP contribution in [0.3, 0.4) is 0 Å². The van der Waals surface area contributed by atoms with Gasteiger partial charge in [-0.05, 0) is 38.1 Å². The van der Waals surface area contributed by atoms with Gasteiger partial charge in [-0.1, -0.05) is 23.8 Å². The maximum atomic E-state index is 12.5. The number of rotatable bonds is 6. The highest BCUT2D eigenvalue weighted by Gasteiger charge is 2.13. The number of benzene rings is 2. The van der Waals surface area contributed by atoms with Crippen LogP contribution in [0.25, 0.3) is 22.3 Å². The Morgan fingerprint density at radius 1 is 1.12 bits per heavy atom. The molecule has 2 heterocycles. The van der Waals surface area contributed by atoms with E-state index < -0.39 is 0 Å². The number of anilines is 1. The second-order valence-corrected chi connectivity index (χ2v) is 7.99. The fourth-order valence-corrected chi connectivity index (χ4v) is 3.88.